The van der Waals surface area contributed by atoms with E-state index in [0.29, 0.717) is 12.3 Å². The van der Waals surface area contributed by atoms with Gasteiger partial charge in [-0.05, 0) is 48.3 Å². The second-order valence-corrected chi connectivity index (χ2v) is 10.1. The number of Topliss-reactive ketones (excluding diaryl/α,β-unsaturated/α-hetero) is 1. The van der Waals surface area contributed by atoms with E-state index in [1.807, 2.05) is 0 Å². The van der Waals surface area contributed by atoms with Crippen molar-refractivity contribution in [3.63, 3.8) is 0 Å². The number of pyridine rings is 1. The molecule has 0 aliphatic heterocycles. The molecular formula is C31H40N22O13. The summed E-state index contributed by atoms with van der Waals surface area (Å²) in [6.07, 6.45) is 1.10. The van der Waals surface area contributed by atoms with E-state index < -0.39 is 35.0 Å². The van der Waals surface area contributed by atoms with Crippen LogP contribution in [-0.2, 0) is 19.1 Å². The summed E-state index contributed by atoms with van der Waals surface area (Å²) in [6, 6.07) is 7.67. The third-order valence-corrected chi connectivity index (χ3v) is 5.56. The van der Waals surface area contributed by atoms with Crippen molar-refractivity contribution in [3.8, 4) is 30.3 Å². The molecule has 19 N–H and O–H groups in total. The van der Waals surface area contributed by atoms with Crippen LogP contribution in [0.15, 0.2) is 40.7 Å². The number of nitriles is 5. The number of anilines is 3. The summed E-state index contributed by atoms with van der Waals surface area (Å²) < 4.78 is 22.4. The molecule has 66 heavy (non-hydrogen) atoms. The first-order chi connectivity index (χ1) is 30.8. The highest BCUT2D eigenvalue weighted by molar-refractivity contribution is 6.66. The summed E-state index contributed by atoms with van der Waals surface area (Å²) >= 11 is 0. The van der Waals surface area contributed by atoms with Crippen molar-refractivity contribution in [2.75, 3.05) is 30.4 Å². The van der Waals surface area contributed by atoms with Crippen LogP contribution in [0.3, 0.4) is 0 Å². The Hall–Kier alpha value is -10.7. The first kappa shape index (κ1) is 61.9. The maximum atomic E-state index is 11.6. The SMILES string of the molecule is CCOC(=O)CC(C)=O.CCOC(=O)c1c(C)nc2nonc2c1N.N#CC(=N)C#N.N#CCC#N.N#Cc1nonc1N.N/C(=N\O)C(=NO)/C(N)=N/O.N/C(=N\O)c1nocc1N.O. The topological polar surface area (TPSA) is 647 Å². The van der Waals surface area contributed by atoms with Crippen molar-refractivity contribution in [2.45, 2.75) is 40.5 Å². The van der Waals surface area contributed by atoms with Crippen molar-refractivity contribution in [1.82, 2.24) is 30.8 Å². The molecule has 0 saturated heterocycles. The minimum absolute atomic E-state index is 0. The second-order valence-electron chi connectivity index (χ2n) is 10.1. The van der Waals surface area contributed by atoms with Crippen LogP contribution in [0.1, 0.15) is 61.1 Å². The predicted molar refractivity (Wildman–Crippen MR) is 218 cm³/mol. The zero-order valence-electron chi connectivity index (χ0n) is 34.6. The number of hydrogen-bond donors (Lipinski definition) is 11. The summed E-state index contributed by atoms with van der Waals surface area (Å²) in [5, 5.41) is 104. The zero-order valence-corrected chi connectivity index (χ0v) is 34.6. The van der Waals surface area contributed by atoms with Crippen LogP contribution in [-0.4, -0.2) is 117 Å². The smallest absolute Gasteiger partial charge is 0.342 e. The van der Waals surface area contributed by atoms with Crippen molar-refractivity contribution in [3.05, 3.63) is 28.9 Å². The van der Waals surface area contributed by atoms with Gasteiger partial charge in [0.15, 0.2) is 34.4 Å². The molecule has 0 bridgehead atoms. The largest absolute Gasteiger partial charge is 0.466 e. The van der Waals surface area contributed by atoms with Crippen LogP contribution in [0.2, 0.25) is 0 Å². The number of nitrogens with one attached hydrogen (secondary N) is 1. The normalized spacial score (nSPS) is 9.47. The maximum Gasteiger partial charge on any atom is 0.342 e. The summed E-state index contributed by atoms with van der Waals surface area (Å²) in [6.45, 7) is 7.04. The number of oxime groups is 4. The molecule has 4 heterocycles. The summed E-state index contributed by atoms with van der Waals surface area (Å²) in [5.41, 5.74) is 31.9. The zero-order chi connectivity index (χ0) is 50.5. The fourth-order valence-corrected chi connectivity index (χ4v) is 2.98. The molecule has 4 aromatic rings. The Balaban J connectivity index is -0.000000350. The van der Waals surface area contributed by atoms with Gasteiger partial charge in [-0.25, -0.2) is 19.0 Å². The lowest BCUT2D eigenvalue weighted by molar-refractivity contribution is -0.145. The van der Waals surface area contributed by atoms with Gasteiger partial charge in [0.1, 0.15) is 54.3 Å². The first-order valence-electron chi connectivity index (χ1n) is 16.5. The number of amidine groups is 3. The highest BCUT2D eigenvalue weighted by Crippen LogP contribution is 2.23. The van der Waals surface area contributed by atoms with Gasteiger partial charge < -0.3 is 74.7 Å². The van der Waals surface area contributed by atoms with E-state index >= 15 is 0 Å². The van der Waals surface area contributed by atoms with Crippen molar-refractivity contribution in [2.24, 2.45) is 37.8 Å². The molecule has 0 saturated carbocycles. The van der Waals surface area contributed by atoms with E-state index in [-0.39, 0.29) is 81.9 Å². The minimum atomic E-state index is -0.553. The van der Waals surface area contributed by atoms with Crippen LogP contribution in [0, 0.1) is 69.0 Å². The number of nitrogen functional groups attached to an aromatic ring is 3. The molecule has 0 fully saturated rings. The van der Waals surface area contributed by atoms with Gasteiger partial charge in [-0.1, -0.05) is 25.8 Å². The van der Waals surface area contributed by atoms with Gasteiger partial charge in [-0.3, -0.25) is 15.0 Å². The van der Waals surface area contributed by atoms with E-state index in [1.165, 1.54) is 25.3 Å². The molecule has 0 aliphatic rings. The number of esters is 2. The standard InChI is InChI=1S/C9H10N4O3.C6H10O3.C4H6N4O2.C3H7N5O3.C3H2N4O.C3HN3.C3H2N2.H2O/c1-3-15-9(14)5-4(2)11-8-7(6(5)10)12-16-13-8;1-3-9-6(8)4-5(2)7;5-2-1-10-8-3(2)4(6)7-9;4-2(7-10)1(6-9)3(5)8-11;4-1-2-3(5)7-8-6-2;4-1-3(6)2-5;4-2-1-3-5;/h3,10H2,1-2H3;3-4H2,1-2H3;1,9H,5H2,(H2,6,7);9-11H,(H2,4,7)(H2,5,8);(H2,5,7);6H;1H2;1H2. The summed E-state index contributed by atoms with van der Waals surface area (Å²) in [7, 11) is 0. The fraction of sp³-hybridized carbons (Fsp3) is 0.258. The Labute approximate surface area is 369 Å². The molecule has 0 spiro atoms. The average Bonchev–Trinajstić information content (AvgIpc) is 4.06. The van der Waals surface area contributed by atoms with E-state index in [4.69, 9.17) is 91.7 Å². The molecule has 0 aromatic carbocycles. The molecule has 4 rings (SSSR count). The molecule has 0 radical (unpaired) electrons. The number of carbonyl (C=O) groups is 3. The van der Waals surface area contributed by atoms with Gasteiger partial charge in [0.2, 0.25) is 22.9 Å². The van der Waals surface area contributed by atoms with E-state index in [9.17, 15) is 14.4 Å². The minimum Gasteiger partial charge on any atom is -0.466 e. The van der Waals surface area contributed by atoms with Crippen LogP contribution in [0.4, 0.5) is 17.2 Å². The van der Waals surface area contributed by atoms with Gasteiger partial charge in [0, 0.05) is 0 Å². The third kappa shape index (κ3) is 24.4. The number of carbonyl (C=O) groups excluding carboxylic acids is 3. The number of nitrogens with zero attached hydrogens (tertiary/aromatic N) is 15. The molecular weight excluding hydrogens is 888 g/mol. The molecule has 0 unspecified atom stereocenters. The Morgan fingerprint density at radius 2 is 1.36 bits per heavy atom. The van der Waals surface area contributed by atoms with E-state index in [2.05, 4.69) is 69.9 Å². The van der Waals surface area contributed by atoms with Gasteiger partial charge in [-0.15, -0.1) is 0 Å². The van der Waals surface area contributed by atoms with E-state index in [0.717, 1.165) is 0 Å². The Kier molecular flexibility index (Phi) is 33.9. The number of ether oxygens (including phenoxy) is 2. The lowest BCUT2D eigenvalue weighted by Crippen LogP contribution is -2.36. The highest BCUT2D eigenvalue weighted by atomic mass is 16.6. The Morgan fingerprint density at radius 1 is 0.818 bits per heavy atom. The van der Waals surface area contributed by atoms with Gasteiger partial charge in [0.05, 0.1) is 36.7 Å². The summed E-state index contributed by atoms with van der Waals surface area (Å²) in [5.74, 6) is -2.35. The lowest BCUT2D eigenvalue weighted by Gasteiger charge is -2.06. The third-order valence-electron chi connectivity index (χ3n) is 5.56. The van der Waals surface area contributed by atoms with E-state index in [1.54, 1.807) is 39.0 Å². The van der Waals surface area contributed by atoms with Crippen LogP contribution in [0.5, 0.6) is 0 Å². The monoisotopic (exact) mass is 928 g/mol. The van der Waals surface area contributed by atoms with Gasteiger partial charge in [-0.2, -0.15) is 26.3 Å². The molecule has 0 aliphatic carbocycles. The second kappa shape index (κ2) is 36.1. The molecule has 35 heteroatoms. The molecule has 352 valence electrons. The number of hydrogen-bond acceptors (Lipinski definition) is 31. The van der Waals surface area contributed by atoms with Gasteiger partial charge >= 0.3 is 11.9 Å². The number of aromatic nitrogens is 6. The number of nitrogens with two attached hydrogens (primary N) is 6. The van der Waals surface area contributed by atoms with Crippen molar-refractivity contribution >= 4 is 75.0 Å². The molecule has 4 aromatic heterocycles. The fourth-order valence-electron chi connectivity index (χ4n) is 2.98. The number of rotatable bonds is 8. The Bertz CT molecular complexity index is 2460. The predicted octanol–water partition coefficient (Wildman–Crippen LogP) is -1.95. The number of ketones is 1. The highest BCUT2D eigenvalue weighted by Gasteiger charge is 2.21. The van der Waals surface area contributed by atoms with Gasteiger partial charge in [0.25, 0.3) is 0 Å². The number of fused-ring (bicyclic) bond motifs is 1. The first-order valence-corrected chi connectivity index (χ1v) is 16.5. The van der Waals surface area contributed by atoms with Crippen molar-refractivity contribution in [1.29, 1.82) is 31.7 Å². The van der Waals surface area contributed by atoms with Crippen molar-refractivity contribution < 1.29 is 63.9 Å². The quantitative estimate of drug-likeness (QED) is 0.0228. The van der Waals surface area contributed by atoms with Crippen LogP contribution >= 0.6 is 0 Å². The molecule has 0 atom stereocenters. The Morgan fingerprint density at radius 3 is 1.70 bits per heavy atom. The van der Waals surface area contributed by atoms with Crippen LogP contribution in [0.25, 0.3) is 11.2 Å². The number of aryl methyl sites for hydroxylation is 1. The average molecular weight is 929 g/mol. The lowest BCUT2D eigenvalue weighted by atomic mass is 10.1. The van der Waals surface area contributed by atoms with Crippen LogP contribution < -0.4 is 34.4 Å². The molecule has 0 amide bonds. The molecule has 35 nitrogen and oxygen atoms in total. The maximum absolute atomic E-state index is 11.6. The summed E-state index contributed by atoms with van der Waals surface area (Å²) in [4.78, 5) is 36.3.